The Morgan fingerprint density at radius 2 is 1.56 bits per heavy atom. The van der Waals surface area contributed by atoms with Crippen molar-refractivity contribution in [3.05, 3.63) is 36.0 Å². The fourth-order valence-corrected chi connectivity index (χ4v) is 4.04. The maximum Gasteiger partial charge on any atom is 0.490 e. The molecule has 0 aliphatic carbocycles. The summed E-state index contributed by atoms with van der Waals surface area (Å²) in [5.74, 6) is -2.61. The van der Waals surface area contributed by atoms with Gasteiger partial charge < -0.3 is 24.0 Å². The molecule has 0 unspecified atom stereocenters. The minimum atomic E-state index is -5.08. The van der Waals surface area contributed by atoms with E-state index in [-0.39, 0.29) is 5.91 Å². The van der Waals surface area contributed by atoms with Crippen LogP contribution >= 0.6 is 0 Å². The molecule has 0 saturated carbocycles. The quantitative estimate of drug-likeness (QED) is 0.643. The van der Waals surface area contributed by atoms with E-state index in [0.29, 0.717) is 6.04 Å². The van der Waals surface area contributed by atoms with Gasteiger partial charge in [0.05, 0.1) is 16.6 Å². The third-order valence-electron chi connectivity index (χ3n) is 5.66. The van der Waals surface area contributed by atoms with Crippen LogP contribution in [0.15, 0.2) is 30.3 Å². The number of aromatic nitrogens is 2. The summed E-state index contributed by atoms with van der Waals surface area (Å²) in [5, 5.41) is 8.34. The highest BCUT2D eigenvalue weighted by molar-refractivity contribution is 6.10. The molecule has 0 spiro atoms. The normalized spacial score (nSPS) is 15.3. The number of para-hydroxylation sites is 1. The van der Waals surface area contributed by atoms with Crippen molar-refractivity contribution in [3.8, 4) is 0 Å². The number of halogens is 3. The third-order valence-corrected chi connectivity index (χ3v) is 5.66. The van der Waals surface area contributed by atoms with Crippen molar-refractivity contribution in [3.63, 3.8) is 0 Å². The van der Waals surface area contributed by atoms with Crippen LogP contribution in [-0.4, -0.2) is 75.3 Å². The molecule has 1 aromatic carbocycles. The van der Waals surface area contributed by atoms with Crippen molar-refractivity contribution in [2.45, 2.75) is 26.1 Å². The standard InChI is InChI=1S/C20H26N4O.C2HF3O2/c1-14(2)24-16-8-6-5-7-15(16)19-17(24)13-18(22(19)4)20(25)23-11-9-21(3)10-12-23;3-2(4,5)1(6)7/h5-8,13-14H,9-12H2,1-4H3;(H,6,7). The molecule has 1 N–H and O–H groups in total. The van der Waals surface area contributed by atoms with E-state index < -0.39 is 12.1 Å². The second-order valence-electron chi connectivity index (χ2n) is 8.20. The van der Waals surface area contributed by atoms with E-state index in [1.807, 2.05) is 11.9 Å². The number of carboxylic acids is 1. The van der Waals surface area contributed by atoms with Crippen molar-refractivity contribution >= 4 is 33.8 Å². The predicted octanol–water partition coefficient (Wildman–Crippen LogP) is 3.73. The number of carbonyl (C=O) groups excluding carboxylic acids is 1. The Morgan fingerprint density at radius 3 is 2.09 bits per heavy atom. The van der Waals surface area contributed by atoms with Crippen LogP contribution in [0.2, 0.25) is 0 Å². The maximum absolute atomic E-state index is 13.1. The zero-order chi connectivity index (χ0) is 23.8. The third kappa shape index (κ3) is 4.45. The van der Waals surface area contributed by atoms with Gasteiger partial charge in [0.2, 0.25) is 0 Å². The van der Waals surface area contributed by atoms with Gasteiger partial charge in [-0.25, -0.2) is 4.79 Å². The molecule has 0 bridgehead atoms. The van der Waals surface area contributed by atoms with Gasteiger partial charge >= 0.3 is 12.1 Å². The number of fused-ring (bicyclic) bond motifs is 3. The average molecular weight is 452 g/mol. The summed E-state index contributed by atoms with van der Waals surface area (Å²) in [4.78, 5) is 26.2. The van der Waals surface area contributed by atoms with Crippen molar-refractivity contribution in [1.82, 2.24) is 18.9 Å². The van der Waals surface area contributed by atoms with E-state index in [9.17, 15) is 18.0 Å². The Labute approximate surface area is 183 Å². The van der Waals surface area contributed by atoms with E-state index in [4.69, 9.17) is 9.90 Å². The predicted molar refractivity (Wildman–Crippen MR) is 116 cm³/mol. The fraction of sp³-hybridized carbons (Fsp3) is 0.455. The smallest absolute Gasteiger partial charge is 0.475 e. The molecule has 32 heavy (non-hydrogen) atoms. The molecule has 1 aliphatic heterocycles. The zero-order valence-electron chi connectivity index (χ0n) is 18.5. The van der Waals surface area contributed by atoms with Crippen molar-refractivity contribution in [1.29, 1.82) is 0 Å². The number of benzene rings is 1. The molecule has 174 valence electrons. The van der Waals surface area contributed by atoms with Gasteiger partial charge in [-0.3, -0.25) is 4.79 Å². The summed E-state index contributed by atoms with van der Waals surface area (Å²) in [5.41, 5.74) is 4.32. The van der Waals surface area contributed by atoms with Gasteiger partial charge in [-0.1, -0.05) is 18.2 Å². The largest absolute Gasteiger partial charge is 0.490 e. The molecule has 4 rings (SSSR count). The van der Waals surface area contributed by atoms with Gasteiger partial charge in [0, 0.05) is 44.7 Å². The number of hydrogen-bond acceptors (Lipinski definition) is 3. The summed E-state index contributed by atoms with van der Waals surface area (Å²) in [6, 6.07) is 10.9. The first-order chi connectivity index (χ1) is 14.9. The summed E-state index contributed by atoms with van der Waals surface area (Å²) < 4.78 is 36.2. The molecule has 1 aliphatic rings. The number of alkyl halides is 3. The second-order valence-corrected chi connectivity index (χ2v) is 8.20. The number of hydrogen-bond donors (Lipinski definition) is 1. The lowest BCUT2D eigenvalue weighted by Gasteiger charge is -2.32. The molecule has 7 nitrogen and oxygen atoms in total. The van der Waals surface area contributed by atoms with E-state index >= 15 is 0 Å². The first kappa shape index (κ1) is 23.6. The lowest BCUT2D eigenvalue weighted by atomic mass is 10.2. The van der Waals surface area contributed by atoms with Crippen LogP contribution in [0, 0.1) is 0 Å². The van der Waals surface area contributed by atoms with Gasteiger partial charge in [0.15, 0.2) is 0 Å². The Balaban J connectivity index is 0.000000360. The van der Waals surface area contributed by atoms with Crippen molar-refractivity contribution in [2.24, 2.45) is 7.05 Å². The van der Waals surface area contributed by atoms with Crippen LogP contribution in [-0.2, 0) is 11.8 Å². The Bertz CT molecular complexity index is 1140. The van der Waals surface area contributed by atoms with Gasteiger partial charge in [-0.05, 0) is 33.0 Å². The molecule has 3 aromatic rings. The molecular formula is C22H27F3N4O3. The Morgan fingerprint density at radius 1 is 1.00 bits per heavy atom. The Hall–Kier alpha value is -3.01. The molecule has 1 saturated heterocycles. The molecule has 1 fully saturated rings. The lowest BCUT2D eigenvalue weighted by Crippen LogP contribution is -2.47. The van der Waals surface area contributed by atoms with E-state index in [0.717, 1.165) is 42.9 Å². The van der Waals surface area contributed by atoms with Crippen molar-refractivity contribution in [2.75, 3.05) is 33.2 Å². The number of rotatable bonds is 2. The lowest BCUT2D eigenvalue weighted by molar-refractivity contribution is -0.192. The summed E-state index contributed by atoms with van der Waals surface area (Å²) in [6.07, 6.45) is -5.08. The van der Waals surface area contributed by atoms with Crippen LogP contribution < -0.4 is 0 Å². The van der Waals surface area contributed by atoms with Gasteiger partial charge in [0.1, 0.15) is 5.69 Å². The summed E-state index contributed by atoms with van der Waals surface area (Å²) in [6.45, 7) is 7.88. The molecule has 0 atom stereocenters. The van der Waals surface area contributed by atoms with Gasteiger partial charge in [0.25, 0.3) is 5.91 Å². The Kier molecular flexibility index (Phi) is 6.54. The van der Waals surface area contributed by atoms with Gasteiger partial charge in [-0.15, -0.1) is 0 Å². The molecule has 2 aromatic heterocycles. The van der Waals surface area contributed by atoms with Gasteiger partial charge in [-0.2, -0.15) is 13.2 Å². The first-order valence-corrected chi connectivity index (χ1v) is 10.3. The number of aliphatic carboxylic acids is 1. The number of piperazine rings is 1. The van der Waals surface area contributed by atoms with E-state index in [1.54, 1.807) is 0 Å². The van der Waals surface area contributed by atoms with Crippen LogP contribution in [0.1, 0.15) is 30.4 Å². The number of carbonyl (C=O) groups is 2. The zero-order valence-corrected chi connectivity index (χ0v) is 18.5. The molecule has 10 heteroatoms. The second kappa shape index (κ2) is 8.85. The highest BCUT2D eigenvalue weighted by Gasteiger charge is 2.38. The topological polar surface area (TPSA) is 70.7 Å². The average Bonchev–Trinajstić information content (AvgIpc) is 3.22. The minimum absolute atomic E-state index is 0.145. The summed E-state index contributed by atoms with van der Waals surface area (Å²) in [7, 11) is 4.12. The highest BCUT2D eigenvalue weighted by atomic mass is 19.4. The highest BCUT2D eigenvalue weighted by Crippen LogP contribution is 2.34. The molecule has 3 heterocycles. The first-order valence-electron chi connectivity index (χ1n) is 10.3. The van der Waals surface area contributed by atoms with Crippen LogP contribution in [0.5, 0.6) is 0 Å². The summed E-state index contributed by atoms with van der Waals surface area (Å²) >= 11 is 0. The number of likely N-dealkylation sites (N-methyl/N-ethyl adjacent to an activating group) is 1. The SMILES string of the molecule is CC(C)n1c2ccccc2c2c1cc(C(=O)N1CCN(C)CC1)n2C.O=C(O)C(F)(F)F. The van der Waals surface area contributed by atoms with Crippen molar-refractivity contribution < 1.29 is 27.9 Å². The minimum Gasteiger partial charge on any atom is -0.475 e. The molecular weight excluding hydrogens is 425 g/mol. The number of aryl methyl sites for hydroxylation is 1. The van der Waals surface area contributed by atoms with Crippen LogP contribution in [0.4, 0.5) is 13.2 Å². The maximum atomic E-state index is 13.1. The van der Waals surface area contributed by atoms with E-state index in [2.05, 4.69) is 65.3 Å². The molecule has 1 amide bonds. The monoisotopic (exact) mass is 452 g/mol. The van der Waals surface area contributed by atoms with Crippen LogP contribution in [0.25, 0.3) is 21.9 Å². The van der Waals surface area contributed by atoms with E-state index in [1.165, 1.54) is 10.9 Å². The number of carboxylic acid groups (broad SMARTS) is 1. The number of amides is 1. The number of nitrogens with zero attached hydrogens (tertiary/aromatic N) is 4. The fourth-order valence-electron chi connectivity index (χ4n) is 4.04. The van der Waals surface area contributed by atoms with Crippen LogP contribution in [0.3, 0.4) is 0 Å². The molecule has 0 radical (unpaired) electrons.